The van der Waals surface area contributed by atoms with Gasteiger partial charge in [-0.2, -0.15) is 0 Å². The van der Waals surface area contributed by atoms with Crippen LogP contribution in [0.1, 0.15) is 24.8 Å². The summed E-state index contributed by atoms with van der Waals surface area (Å²) in [6, 6.07) is 3.96. The summed E-state index contributed by atoms with van der Waals surface area (Å²) in [5.74, 6) is 0. The number of rotatable bonds is 4. The molecule has 4 heteroatoms. The molecule has 0 aromatic carbocycles. The maximum Gasteiger partial charge on any atom is 0.409 e. The average Bonchev–Trinajstić information content (AvgIpc) is 2.89. The van der Waals surface area contributed by atoms with Gasteiger partial charge in [0.25, 0.3) is 0 Å². The van der Waals surface area contributed by atoms with Crippen molar-refractivity contribution in [3.8, 4) is 0 Å². The van der Waals surface area contributed by atoms with Crippen molar-refractivity contribution in [2.45, 2.75) is 25.7 Å². The number of hydrogen-bond acceptors (Lipinski definition) is 3. The fraction of sp³-hybridized carbons (Fsp3) is 0.538. The summed E-state index contributed by atoms with van der Waals surface area (Å²) in [5.41, 5.74) is 1.18. The van der Waals surface area contributed by atoms with Crippen molar-refractivity contribution in [2.24, 2.45) is 0 Å². The second-order valence-corrected chi connectivity index (χ2v) is 4.27. The minimum Gasteiger partial charge on any atom is -0.449 e. The summed E-state index contributed by atoms with van der Waals surface area (Å²) in [7, 11) is 0. The topological polar surface area (TPSA) is 42.4 Å². The summed E-state index contributed by atoms with van der Waals surface area (Å²) in [5, 5.41) is 0. The molecular weight excluding hydrogens is 216 g/mol. The van der Waals surface area contributed by atoms with E-state index in [0.717, 1.165) is 38.8 Å². The highest BCUT2D eigenvalue weighted by molar-refractivity contribution is 5.67. The van der Waals surface area contributed by atoms with Gasteiger partial charge in [-0.3, -0.25) is 4.98 Å². The standard InChI is InChI=1S/C13H18N2O2/c16-13(15-8-1-2-9-15)17-10-4-6-12-5-3-7-14-11-12/h3,5,7,11H,1-2,4,6,8-10H2. The molecule has 17 heavy (non-hydrogen) atoms. The number of likely N-dealkylation sites (tertiary alicyclic amines) is 1. The highest BCUT2D eigenvalue weighted by Crippen LogP contribution is 2.09. The molecule has 1 fully saturated rings. The van der Waals surface area contributed by atoms with Gasteiger partial charge in [0.15, 0.2) is 0 Å². The van der Waals surface area contributed by atoms with E-state index in [9.17, 15) is 4.79 Å². The molecule has 2 rings (SSSR count). The Morgan fingerprint density at radius 3 is 2.94 bits per heavy atom. The zero-order valence-corrected chi connectivity index (χ0v) is 9.97. The van der Waals surface area contributed by atoms with Gasteiger partial charge in [-0.15, -0.1) is 0 Å². The molecule has 4 nitrogen and oxygen atoms in total. The molecule has 0 spiro atoms. The summed E-state index contributed by atoms with van der Waals surface area (Å²) >= 11 is 0. The van der Waals surface area contributed by atoms with Crippen molar-refractivity contribution in [2.75, 3.05) is 19.7 Å². The molecule has 0 bridgehead atoms. The number of aryl methyl sites for hydroxylation is 1. The number of hydrogen-bond donors (Lipinski definition) is 0. The second-order valence-electron chi connectivity index (χ2n) is 4.27. The third kappa shape index (κ3) is 3.73. The Kier molecular flexibility index (Phi) is 4.36. The monoisotopic (exact) mass is 234 g/mol. The Hall–Kier alpha value is -1.58. The molecule has 0 aliphatic carbocycles. The van der Waals surface area contributed by atoms with Crippen molar-refractivity contribution >= 4 is 6.09 Å². The van der Waals surface area contributed by atoms with Crippen molar-refractivity contribution in [3.05, 3.63) is 30.1 Å². The molecule has 1 aromatic rings. The first-order chi connectivity index (χ1) is 8.36. The SMILES string of the molecule is O=C(OCCCc1cccnc1)N1CCCC1. The minimum atomic E-state index is -0.159. The normalized spacial score (nSPS) is 14.9. The first-order valence-corrected chi connectivity index (χ1v) is 6.17. The number of nitrogens with zero attached hydrogens (tertiary/aromatic N) is 2. The van der Waals surface area contributed by atoms with E-state index in [1.165, 1.54) is 5.56 Å². The number of ether oxygens (including phenoxy) is 1. The van der Waals surface area contributed by atoms with Gasteiger partial charge < -0.3 is 9.64 Å². The largest absolute Gasteiger partial charge is 0.449 e. The highest BCUT2D eigenvalue weighted by atomic mass is 16.6. The van der Waals surface area contributed by atoms with Crippen LogP contribution in [0, 0.1) is 0 Å². The van der Waals surface area contributed by atoms with Gasteiger partial charge in [-0.05, 0) is 37.3 Å². The van der Waals surface area contributed by atoms with E-state index in [-0.39, 0.29) is 6.09 Å². The lowest BCUT2D eigenvalue weighted by Crippen LogP contribution is -2.28. The van der Waals surface area contributed by atoms with E-state index in [4.69, 9.17) is 4.74 Å². The zero-order chi connectivity index (χ0) is 11.9. The van der Waals surface area contributed by atoms with Crippen LogP contribution < -0.4 is 0 Å². The quantitative estimate of drug-likeness (QED) is 0.750. The van der Waals surface area contributed by atoms with Crippen LogP contribution in [0.5, 0.6) is 0 Å². The number of carbonyl (C=O) groups excluding carboxylic acids is 1. The van der Waals surface area contributed by atoms with E-state index in [2.05, 4.69) is 4.98 Å². The fourth-order valence-corrected chi connectivity index (χ4v) is 1.97. The predicted molar refractivity (Wildman–Crippen MR) is 64.7 cm³/mol. The van der Waals surface area contributed by atoms with Gasteiger partial charge in [-0.25, -0.2) is 4.79 Å². The smallest absolute Gasteiger partial charge is 0.409 e. The third-order valence-corrected chi connectivity index (χ3v) is 2.92. The first kappa shape index (κ1) is 11.9. The van der Waals surface area contributed by atoms with Crippen molar-refractivity contribution in [1.29, 1.82) is 0 Å². The molecule has 1 aromatic heterocycles. The van der Waals surface area contributed by atoms with Crippen LogP contribution in [0.4, 0.5) is 4.79 Å². The molecule has 0 radical (unpaired) electrons. The highest BCUT2D eigenvalue weighted by Gasteiger charge is 2.18. The molecule has 1 aliphatic heterocycles. The Labute approximate surface area is 102 Å². The Morgan fingerprint density at radius 2 is 2.24 bits per heavy atom. The van der Waals surface area contributed by atoms with Crippen LogP contribution >= 0.6 is 0 Å². The van der Waals surface area contributed by atoms with Crippen LogP contribution in [0.3, 0.4) is 0 Å². The Morgan fingerprint density at radius 1 is 1.41 bits per heavy atom. The van der Waals surface area contributed by atoms with Crippen molar-refractivity contribution in [3.63, 3.8) is 0 Å². The van der Waals surface area contributed by atoms with E-state index in [0.29, 0.717) is 6.61 Å². The maximum atomic E-state index is 11.5. The molecule has 1 amide bonds. The Bertz CT molecular complexity index is 348. The van der Waals surface area contributed by atoms with Crippen LogP contribution in [-0.2, 0) is 11.2 Å². The van der Waals surface area contributed by atoms with Gasteiger partial charge in [0.2, 0.25) is 0 Å². The van der Waals surface area contributed by atoms with Gasteiger partial charge in [-0.1, -0.05) is 6.07 Å². The van der Waals surface area contributed by atoms with Crippen LogP contribution in [0.2, 0.25) is 0 Å². The lowest BCUT2D eigenvalue weighted by molar-refractivity contribution is 0.109. The van der Waals surface area contributed by atoms with Gasteiger partial charge >= 0.3 is 6.09 Å². The first-order valence-electron chi connectivity index (χ1n) is 6.17. The maximum absolute atomic E-state index is 11.5. The molecule has 92 valence electrons. The van der Waals surface area contributed by atoms with E-state index in [1.807, 2.05) is 18.3 Å². The molecule has 0 saturated carbocycles. The molecule has 1 saturated heterocycles. The van der Waals surface area contributed by atoms with Gasteiger partial charge in [0, 0.05) is 25.5 Å². The lowest BCUT2D eigenvalue weighted by Gasteiger charge is -2.14. The average molecular weight is 234 g/mol. The van der Waals surface area contributed by atoms with E-state index in [1.54, 1.807) is 11.1 Å². The van der Waals surface area contributed by atoms with Crippen LogP contribution in [0.15, 0.2) is 24.5 Å². The van der Waals surface area contributed by atoms with Crippen LogP contribution in [-0.4, -0.2) is 35.7 Å². The van der Waals surface area contributed by atoms with Crippen LogP contribution in [0.25, 0.3) is 0 Å². The lowest BCUT2D eigenvalue weighted by atomic mass is 10.2. The molecular formula is C13H18N2O2. The summed E-state index contributed by atoms with van der Waals surface area (Å²) in [4.78, 5) is 17.4. The predicted octanol–water partition coefficient (Wildman–Crippen LogP) is 2.25. The summed E-state index contributed by atoms with van der Waals surface area (Å²) < 4.78 is 5.21. The number of pyridine rings is 1. The summed E-state index contributed by atoms with van der Waals surface area (Å²) in [6.07, 6.45) is 7.41. The van der Waals surface area contributed by atoms with Gasteiger partial charge in [0.05, 0.1) is 6.61 Å². The number of aromatic nitrogens is 1. The number of carbonyl (C=O) groups is 1. The second kappa shape index (κ2) is 6.23. The van der Waals surface area contributed by atoms with Gasteiger partial charge in [0.1, 0.15) is 0 Å². The molecule has 0 atom stereocenters. The van der Waals surface area contributed by atoms with E-state index >= 15 is 0 Å². The number of amides is 1. The van der Waals surface area contributed by atoms with Crippen molar-refractivity contribution < 1.29 is 9.53 Å². The Balaban J connectivity index is 1.61. The third-order valence-electron chi connectivity index (χ3n) is 2.92. The van der Waals surface area contributed by atoms with E-state index < -0.39 is 0 Å². The van der Waals surface area contributed by atoms with Crippen molar-refractivity contribution in [1.82, 2.24) is 9.88 Å². The fourth-order valence-electron chi connectivity index (χ4n) is 1.97. The molecule has 0 unspecified atom stereocenters. The zero-order valence-electron chi connectivity index (χ0n) is 9.97. The summed E-state index contributed by atoms with van der Waals surface area (Å²) in [6.45, 7) is 2.19. The molecule has 1 aliphatic rings. The minimum absolute atomic E-state index is 0.159. The molecule has 0 N–H and O–H groups in total. The molecule has 2 heterocycles.